The van der Waals surface area contributed by atoms with Crippen LogP contribution in [-0.2, 0) is 6.42 Å². The van der Waals surface area contributed by atoms with Gasteiger partial charge in [0, 0.05) is 5.56 Å². The maximum absolute atomic E-state index is 11.2. The number of fused-ring (bicyclic) bond motifs is 2. The predicted octanol–water partition coefficient (Wildman–Crippen LogP) is 3.74. The van der Waals surface area contributed by atoms with E-state index in [0.29, 0.717) is 11.3 Å². The third-order valence-corrected chi connectivity index (χ3v) is 4.35. The summed E-state index contributed by atoms with van der Waals surface area (Å²) in [5.74, 6) is -0.281. The fourth-order valence-corrected chi connectivity index (χ4v) is 3.69. The molecule has 1 atom stereocenters. The fraction of sp³-hybridized carbons (Fsp3) is 0.533. The van der Waals surface area contributed by atoms with E-state index in [4.69, 9.17) is 4.42 Å². The topological polar surface area (TPSA) is 50.4 Å². The third-order valence-electron chi connectivity index (χ3n) is 4.35. The van der Waals surface area contributed by atoms with Crippen LogP contribution in [-0.4, -0.2) is 11.1 Å². The molecule has 1 aromatic rings. The number of allylic oxidation sites excluding steroid dienone is 2. The van der Waals surface area contributed by atoms with Crippen LogP contribution in [0.4, 0.5) is 0 Å². The van der Waals surface area contributed by atoms with Crippen molar-refractivity contribution in [3.05, 3.63) is 28.7 Å². The Bertz CT molecular complexity index is 560. The van der Waals surface area contributed by atoms with Gasteiger partial charge in [-0.3, -0.25) is 0 Å². The molecule has 3 nitrogen and oxygen atoms in total. The van der Waals surface area contributed by atoms with E-state index in [1.807, 2.05) is 6.92 Å². The molecule has 0 aliphatic heterocycles. The Balaban J connectivity index is 2.13. The Labute approximate surface area is 106 Å². The molecule has 0 unspecified atom stereocenters. The van der Waals surface area contributed by atoms with Crippen LogP contribution in [0.25, 0.3) is 5.57 Å². The van der Waals surface area contributed by atoms with Crippen LogP contribution in [0.2, 0.25) is 0 Å². The van der Waals surface area contributed by atoms with Gasteiger partial charge in [-0.2, -0.15) is 0 Å². The molecular weight excluding hydrogens is 228 g/mol. The highest BCUT2D eigenvalue weighted by atomic mass is 16.4. The van der Waals surface area contributed by atoms with Gasteiger partial charge < -0.3 is 9.52 Å². The number of hydrogen-bond donors (Lipinski definition) is 1. The lowest BCUT2D eigenvalue weighted by Crippen LogP contribution is -2.12. The lowest BCUT2D eigenvalue weighted by Gasteiger charge is -2.21. The molecule has 0 amide bonds. The minimum atomic E-state index is -0.966. The summed E-state index contributed by atoms with van der Waals surface area (Å²) in [5, 5.41) is 9.17. The number of carbonyl (C=O) groups is 1. The summed E-state index contributed by atoms with van der Waals surface area (Å²) in [6, 6.07) is 0. The van der Waals surface area contributed by atoms with Gasteiger partial charge in [0.05, 0.1) is 6.26 Å². The average Bonchev–Trinajstić information content (AvgIpc) is 2.78. The fourth-order valence-electron chi connectivity index (χ4n) is 3.69. The first-order chi connectivity index (χ1) is 8.39. The number of aromatic carboxylic acids is 1. The molecule has 3 rings (SSSR count). The second-order valence-electron chi connectivity index (χ2n) is 6.37. The van der Waals surface area contributed by atoms with Gasteiger partial charge >= 0.3 is 5.97 Å². The zero-order valence-corrected chi connectivity index (χ0v) is 11.0. The van der Waals surface area contributed by atoms with E-state index in [-0.39, 0.29) is 5.76 Å². The van der Waals surface area contributed by atoms with Crippen molar-refractivity contribution in [2.75, 3.05) is 0 Å². The number of carboxylic acids is 1. The first-order valence-corrected chi connectivity index (χ1v) is 6.43. The van der Waals surface area contributed by atoms with E-state index in [1.165, 1.54) is 12.0 Å². The molecule has 0 spiro atoms. The largest absolute Gasteiger partial charge is 0.475 e. The molecule has 0 aromatic carbocycles. The summed E-state index contributed by atoms with van der Waals surface area (Å²) in [6.45, 7) is 6.63. The van der Waals surface area contributed by atoms with Crippen molar-refractivity contribution in [2.45, 2.75) is 40.0 Å². The monoisotopic (exact) mass is 246 g/mol. The van der Waals surface area contributed by atoms with Crippen molar-refractivity contribution < 1.29 is 14.3 Å². The minimum Gasteiger partial charge on any atom is -0.475 e. The quantitative estimate of drug-likeness (QED) is 0.821. The smallest absolute Gasteiger partial charge is 0.372 e. The van der Waals surface area contributed by atoms with Gasteiger partial charge in [0.2, 0.25) is 5.76 Å². The Morgan fingerprint density at radius 1 is 1.50 bits per heavy atom. The van der Waals surface area contributed by atoms with Gasteiger partial charge in [0.15, 0.2) is 0 Å². The van der Waals surface area contributed by atoms with E-state index in [9.17, 15) is 9.90 Å². The van der Waals surface area contributed by atoms with E-state index in [0.717, 1.165) is 29.5 Å². The third kappa shape index (κ3) is 1.53. The number of rotatable bonds is 1. The summed E-state index contributed by atoms with van der Waals surface area (Å²) >= 11 is 0. The van der Waals surface area contributed by atoms with Crippen molar-refractivity contribution in [3.8, 4) is 0 Å². The summed E-state index contributed by atoms with van der Waals surface area (Å²) in [6.07, 6.45) is 4.83. The van der Waals surface area contributed by atoms with Crippen LogP contribution in [0.1, 0.15) is 55.3 Å². The molecule has 96 valence electrons. The van der Waals surface area contributed by atoms with Gasteiger partial charge in [-0.1, -0.05) is 19.4 Å². The highest BCUT2D eigenvalue weighted by Crippen LogP contribution is 2.52. The van der Waals surface area contributed by atoms with Crippen LogP contribution in [0.3, 0.4) is 0 Å². The molecule has 1 N–H and O–H groups in total. The number of carboxylic acid groups (broad SMARTS) is 1. The summed E-state index contributed by atoms with van der Waals surface area (Å²) in [5.41, 5.74) is 4.82. The van der Waals surface area contributed by atoms with Crippen LogP contribution in [0.5, 0.6) is 0 Å². The maximum atomic E-state index is 11.2. The predicted molar refractivity (Wildman–Crippen MR) is 68.5 cm³/mol. The first-order valence-electron chi connectivity index (χ1n) is 6.43. The Kier molecular flexibility index (Phi) is 2.25. The lowest BCUT2D eigenvalue weighted by molar-refractivity contribution is 0.0662. The lowest BCUT2D eigenvalue weighted by atomic mass is 9.82. The molecule has 0 radical (unpaired) electrons. The van der Waals surface area contributed by atoms with Gasteiger partial charge in [-0.05, 0) is 48.7 Å². The van der Waals surface area contributed by atoms with Crippen molar-refractivity contribution in [3.63, 3.8) is 0 Å². The van der Waals surface area contributed by atoms with Crippen LogP contribution in [0, 0.1) is 11.3 Å². The molecule has 0 bridgehead atoms. The zero-order chi connectivity index (χ0) is 13.1. The molecule has 18 heavy (non-hydrogen) atoms. The van der Waals surface area contributed by atoms with Gasteiger partial charge in [0.25, 0.3) is 0 Å². The minimum absolute atomic E-state index is 0.109. The van der Waals surface area contributed by atoms with Crippen LogP contribution >= 0.6 is 0 Å². The second-order valence-corrected chi connectivity index (χ2v) is 6.37. The van der Waals surface area contributed by atoms with Crippen molar-refractivity contribution in [1.82, 2.24) is 0 Å². The van der Waals surface area contributed by atoms with Crippen molar-refractivity contribution in [1.29, 1.82) is 0 Å². The van der Waals surface area contributed by atoms with Gasteiger partial charge in [-0.15, -0.1) is 0 Å². The molecule has 1 fully saturated rings. The maximum Gasteiger partial charge on any atom is 0.372 e. The highest BCUT2D eigenvalue weighted by Gasteiger charge is 2.40. The molecule has 1 saturated carbocycles. The SMILES string of the molecule is CC1=C2CC(C)(C)C[C@H]2Cc2coc(C(=O)O)c21. The van der Waals surface area contributed by atoms with Crippen LogP contribution in [0.15, 0.2) is 16.3 Å². The van der Waals surface area contributed by atoms with Gasteiger partial charge in [0.1, 0.15) is 0 Å². The average molecular weight is 246 g/mol. The Morgan fingerprint density at radius 2 is 2.22 bits per heavy atom. The van der Waals surface area contributed by atoms with E-state index >= 15 is 0 Å². The summed E-state index contributed by atoms with van der Waals surface area (Å²) in [7, 11) is 0. The molecule has 1 aromatic heterocycles. The number of hydrogen-bond acceptors (Lipinski definition) is 2. The normalized spacial score (nSPS) is 24.9. The number of furan rings is 1. The molecule has 3 heteroatoms. The Morgan fingerprint density at radius 3 is 2.89 bits per heavy atom. The van der Waals surface area contributed by atoms with Crippen molar-refractivity contribution in [2.24, 2.45) is 11.3 Å². The standard InChI is InChI=1S/C15H18O3/c1-8-11-6-15(2,3)5-9(11)4-10-7-18-13(12(8)10)14(16)17/h7,9H,4-6H2,1-3H3,(H,16,17)/t9-/m1/s1. The zero-order valence-electron chi connectivity index (χ0n) is 11.0. The van der Waals surface area contributed by atoms with Crippen molar-refractivity contribution >= 4 is 11.5 Å². The molecule has 2 aliphatic carbocycles. The van der Waals surface area contributed by atoms with E-state index in [2.05, 4.69) is 13.8 Å². The van der Waals surface area contributed by atoms with E-state index in [1.54, 1.807) is 6.26 Å². The Hall–Kier alpha value is -1.51. The second kappa shape index (κ2) is 3.50. The summed E-state index contributed by atoms with van der Waals surface area (Å²) < 4.78 is 5.23. The highest BCUT2D eigenvalue weighted by molar-refractivity contribution is 5.93. The summed E-state index contributed by atoms with van der Waals surface area (Å²) in [4.78, 5) is 11.2. The molecular formula is C15H18O3. The molecule has 1 heterocycles. The van der Waals surface area contributed by atoms with Crippen LogP contribution < -0.4 is 0 Å². The first kappa shape index (κ1) is 11.6. The van der Waals surface area contributed by atoms with E-state index < -0.39 is 5.97 Å². The molecule has 0 saturated heterocycles. The van der Waals surface area contributed by atoms with Gasteiger partial charge in [-0.25, -0.2) is 4.79 Å². The molecule has 2 aliphatic rings.